The van der Waals surface area contributed by atoms with E-state index in [2.05, 4.69) is 17.1 Å². The Balaban J connectivity index is 2.16. The molecule has 0 aromatic heterocycles. The summed E-state index contributed by atoms with van der Waals surface area (Å²) in [5.41, 5.74) is 0. The summed E-state index contributed by atoms with van der Waals surface area (Å²) in [6.45, 7) is 0.794. The van der Waals surface area contributed by atoms with Gasteiger partial charge in [0, 0.05) is 12.6 Å². The molecular weight excluding hydrogens is 138 g/mol. The summed E-state index contributed by atoms with van der Waals surface area (Å²) in [5, 5.41) is 0. The van der Waals surface area contributed by atoms with Crippen LogP contribution in [-0.4, -0.2) is 25.0 Å². The molecule has 2 atom stereocenters. The van der Waals surface area contributed by atoms with Gasteiger partial charge in [-0.15, -0.1) is 0 Å². The average molecular weight is 149 g/mol. The molecule has 1 aliphatic heterocycles. The van der Waals surface area contributed by atoms with Crippen LogP contribution in [0.1, 0.15) is 6.42 Å². The molecular formula is C9H11NO. The molecule has 0 spiro atoms. The Morgan fingerprint density at radius 3 is 3.18 bits per heavy atom. The molecule has 1 aliphatic carbocycles. The second kappa shape index (κ2) is 3.01. The summed E-state index contributed by atoms with van der Waals surface area (Å²) in [6, 6.07) is 0.225. The van der Waals surface area contributed by atoms with Crippen LogP contribution < -0.4 is 0 Å². The molecule has 11 heavy (non-hydrogen) atoms. The molecule has 2 aliphatic rings. The van der Waals surface area contributed by atoms with E-state index in [-0.39, 0.29) is 12.1 Å². The van der Waals surface area contributed by atoms with Crippen LogP contribution in [0.3, 0.4) is 0 Å². The molecule has 0 fully saturated rings. The number of rotatable bonds is 0. The molecule has 0 saturated heterocycles. The van der Waals surface area contributed by atoms with Gasteiger partial charge in [0.25, 0.3) is 0 Å². The lowest BCUT2D eigenvalue weighted by Gasteiger charge is -2.18. The number of hydrogen-bond donors (Lipinski definition) is 0. The fourth-order valence-electron chi connectivity index (χ4n) is 1.32. The first-order valence-corrected chi connectivity index (χ1v) is 3.95. The predicted molar refractivity (Wildman–Crippen MR) is 44.9 cm³/mol. The quantitative estimate of drug-likeness (QED) is 0.509. The van der Waals surface area contributed by atoms with Gasteiger partial charge in [0.1, 0.15) is 6.10 Å². The van der Waals surface area contributed by atoms with E-state index in [1.165, 1.54) is 0 Å². The largest absolute Gasteiger partial charge is 0.371 e. The lowest BCUT2D eigenvalue weighted by atomic mass is 10.1. The maximum atomic E-state index is 5.54. The van der Waals surface area contributed by atoms with Crippen molar-refractivity contribution >= 4 is 6.21 Å². The van der Waals surface area contributed by atoms with Gasteiger partial charge >= 0.3 is 0 Å². The Morgan fingerprint density at radius 1 is 1.27 bits per heavy atom. The Kier molecular flexibility index (Phi) is 1.86. The van der Waals surface area contributed by atoms with Gasteiger partial charge in [0.15, 0.2) is 0 Å². The van der Waals surface area contributed by atoms with E-state index in [1.807, 2.05) is 18.4 Å². The zero-order valence-electron chi connectivity index (χ0n) is 6.31. The van der Waals surface area contributed by atoms with Crippen LogP contribution in [-0.2, 0) is 4.74 Å². The van der Waals surface area contributed by atoms with Crippen molar-refractivity contribution in [1.29, 1.82) is 0 Å². The molecule has 2 nitrogen and oxygen atoms in total. The van der Waals surface area contributed by atoms with Crippen LogP contribution in [0.25, 0.3) is 0 Å². The monoisotopic (exact) mass is 149 g/mol. The number of nitrogens with zero attached hydrogens (tertiary/aromatic N) is 1. The minimum atomic E-state index is 0.179. The van der Waals surface area contributed by atoms with Crippen molar-refractivity contribution < 1.29 is 4.74 Å². The molecule has 2 rings (SSSR count). The van der Waals surface area contributed by atoms with Crippen LogP contribution in [0, 0.1) is 0 Å². The zero-order chi connectivity index (χ0) is 7.52. The lowest BCUT2D eigenvalue weighted by molar-refractivity contribution is 0.0873. The smallest absolute Gasteiger partial charge is 0.102 e. The molecule has 0 saturated carbocycles. The SMILES string of the molecule is C1=CC2N=CCCOC2C=C1. The number of hydrogen-bond acceptors (Lipinski definition) is 2. The van der Waals surface area contributed by atoms with E-state index in [9.17, 15) is 0 Å². The van der Waals surface area contributed by atoms with E-state index in [0.29, 0.717) is 0 Å². The van der Waals surface area contributed by atoms with E-state index in [1.54, 1.807) is 0 Å². The molecule has 0 radical (unpaired) electrons. The normalized spacial score (nSPS) is 34.9. The third-order valence-corrected chi connectivity index (χ3v) is 1.89. The van der Waals surface area contributed by atoms with Gasteiger partial charge in [-0.2, -0.15) is 0 Å². The molecule has 0 amide bonds. The van der Waals surface area contributed by atoms with Gasteiger partial charge in [-0.05, 0) is 0 Å². The molecule has 2 heteroatoms. The fraction of sp³-hybridized carbons (Fsp3) is 0.444. The van der Waals surface area contributed by atoms with Gasteiger partial charge in [-0.25, -0.2) is 0 Å². The van der Waals surface area contributed by atoms with Crippen molar-refractivity contribution in [2.45, 2.75) is 18.6 Å². The molecule has 2 unspecified atom stereocenters. The maximum absolute atomic E-state index is 5.54. The summed E-state index contributed by atoms with van der Waals surface area (Å²) in [7, 11) is 0. The van der Waals surface area contributed by atoms with Gasteiger partial charge in [0.05, 0.1) is 12.6 Å². The van der Waals surface area contributed by atoms with Crippen LogP contribution >= 0.6 is 0 Å². The molecule has 0 bridgehead atoms. The first-order valence-electron chi connectivity index (χ1n) is 3.95. The molecule has 0 aromatic rings. The van der Waals surface area contributed by atoms with Gasteiger partial charge in [0.2, 0.25) is 0 Å². The number of allylic oxidation sites excluding steroid dienone is 2. The lowest BCUT2D eigenvalue weighted by Crippen LogP contribution is -2.24. The summed E-state index contributed by atoms with van der Waals surface area (Å²) in [4.78, 5) is 4.36. The third kappa shape index (κ3) is 1.40. The highest BCUT2D eigenvalue weighted by molar-refractivity contribution is 5.58. The van der Waals surface area contributed by atoms with Crippen LogP contribution in [0.15, 0.2) is 29.3 Å². The molecule has 0 aromatic carbocycles. The van der Waals surface area contributed by atoms with Crippen molar-refractivity contribution in [3.8, 4) is 0 Å². The van der Waals surface area contributed by atoms with Crippen molar-refractivity contribution in [3.05, 3.63) is 24.3 Å². The molecule has 58 valence electrons. The highest BCUT2D eigenvalue weighted by Crippen LogP contribution is 2.14. The number of aliphatic imine (C=N–C) groups is 1. The topological polar surface area (TPSA) is 21.6 Å². The summed E-state index contributed by atoms with van der Waals surface area (Å²) >= 11 is 0. The Labute approximate surface area is 66.3 Å². The number of fused-ring (bicyclic) bond motifs is 1. The summed E-state index contributed by atoms with van der Waals surface area (Å²) in [6.07, 6.45) is 11.2. The molecule has 0 N–H and O–H groups in total. The summed E-state index contributed by atoms with van der Waals surface area (Å²) in [5.74, 6) is 0. The van der Waals surface area contributed by atoms with Gasteiger partial charge in [-0.3, -0.25) is 4.99 Å². The average Bonchev–Trinajstić information content (AvgIpc) is 2.28. The zero-order valence-corrected chi connectivity index (χ0v) is 6.31. The molecule has 1 heterocycles. The van der Waals surface area contributed by atoms with Gasteiger partial charge < -0.3 is 4.74 Å². The van der Waals surface area contributed by atoms with E-state index >= 15 is 0 Å². The summed E-state index contributed by atoms with van der Waals surface area (Å²) < 4.78 is 5.54. The third-order valence-electron chi connectivity index (χ3n) is 1.89. The minimum Gasteiger partial charge on any atom is -0.371 e. The highest BCUT2D eigenvalue weighted by atomic mass is 16.5. The predicted octanol–water partition coefficient (Wildman–Crippen LogP) is 1.34. The highest BCUT2D eigenvalue weighted by Gasteiger charge is 2.18. The fourth-order valence-corrected chi connectivity index (χ4v) is 1.32. The first-order chi connectivity index (χ1) is 5.47. The van der Waals surface area contributed by atoms with Crippen LogP contribution in [0.5, 0.6) is 0 Å². The second-order valence-corrected chi connectivity index (χ2v) is 2.72. The Bertz CT molecular complexity index is 218. The Hall–Kier alpha value is -0.890. The van der Waals surface area contributed by atoms with Crippen LogP contribution in [0.2, 0.25) is 0 Å². The van der Waals surface area contributed by atoms with Crippen molar-refractivity contribution in [3.63, 3.8) is 0 Å². The minimum absolute atomic E-state index is 0.179. The van der Waals surface area contributed by atoms with Gasteiger partial charge in [-0.1, -0.05) is 24.3 Å². The first kappa shape index (κ1) is 6.80. The van der Waals surface area contributed by atoms with E-state index in [0.717, 1.165) is 13.0 Å². The van der Waals surface area contributed by atoms with Crippen LogP contribution in [0.4, 0.5) is 0 Å². The van der Waals surface area contributed by atoms with Crippen molar-refractivity contribution in [2.75, 3.05) is 6.61 Å². The number of ether oxygens (including phenoxy) is 1. The van der Waals surface area contributed by atoms with E-state index < -0.39 is 0 Å². The maximum Gasteiger partial charge on any atom is 0.102 e. The van der Waals surface area contributed by atoms with Crippen molar-refractivity contribution in [1.82, 2.24) is 0 Å². The van der Waals surface area contributed by atoms with Crippen molar-refractivity contribution in [2.24, 2.45) is 4.99 Å². The Morgan fingerprint density at radius 2 is 2.18 bits per heavy atom. The van der Waals surface area contributed by atoms with E-state index in [4.69, 9.17) is 4.74 Å². The second-order valence-electron chi connectivity index (χ2n) is 2.72. The standard InChI is InChI=1S/C9H11NO/c1-2-5-9-8(4-1)10-6-3-7-11-9/h1-2,4-6,8-9H,3,7H2.